The maximum Gasteiger partial charge on any atom is 0.243 e. The molecule has 0 unspecified atom stereocenters. The third-order valence-corrected chi connectivity index (χ3v) is 7.05. The van der Waals surface area contributed by atoms with Gasteiger partial charge in [-0.3, -0.25) is 9.59 Å². The molecule has 2 aromatic rings. The first kappa shape index (κ1) is 28.3. The van der Waals surface area contributed by atoms with Crippen LogP contribution in [-0.2, 0) is 32.6 Å². The number of nitrogens with one attached hydrogen (secondary N) is 1. The van der Waals surface area contributed by atoms with Crippen LogP contribution in [0.15, 0.2) is 54.6 Å². The Labute approximate surface area is 209 Å². The number of benzene rings is 2. The lowest BCUT2D eigenvalue weighted by Crippen LogP contribution is -2.53. The number of carbonyl (C=O) groups is 2. The minimum Gasteiger partial charge on any atom is -0.497 e. The molecule has 2 amide bonds. The normalized spacial score (nSPS) is 12.3. The van der Waals surface area contributed by atoms with Crippen LogP contribution in [-0.4, -0.2) is 69.0 Å². The Morgan fingerprint density at radius 3 is 2.23 bits per heavy atom. The van der Waals surface area contributed by atoms with Crippen molar-refractivity contribution in [1.82, 2.24) is 14.5 Å². The predicted molar refractivity (Wildman–Crippen MR) is 137 cm³/mol. The molecule has 192 valence electrons. The van der Waals surface area contributed by atoms with Gasteiger partial charge < -0.3 is 15.0 Å². The molecule has 0 saturated carbocycles. The van der Waals surface area contributed by atoms with Gasteiger partial charge in [0.2, 0.25) is 21.8 Å². The van der Waals surface area contributed by atoms with E-state index >= 15 is 0 Å². The third-order valence-electron chi connectivity index (χ3n) is 5.79. The number of sulfonamides is 1. The molecule has 9 heteroatoms. The summed E-state index contributed by atoms with van der Waals surface area (Å²) in [7, 11) is -0.639. The first-order valence-corrected chi connectivity index (χ1v) is 13.7. The van der Waals surface area contributed by atoms with Crippen molar-refractivity contribution in [2.45, 2.75) is 45.2 Å². The lowest BCUT2D eigenvalue weighted by molar-refractivity contribution is -0.141. The molecule has 0 heterocycles. The molecule has 0 aliphatic rings. The fourth-order valence-electron chi connectivity index (χ4n) is 3.58. The summed E-state index contributed by atoms with van der Waals surface area (Å²) in [6, 6.07) is 15.9. The molecule has 0 aromatic heterocycles. The average Bonchev–Trinajstić information content (AvgIpc) is 2.84. The lowest BCUT2D eigenvalue weighted by atomic mass is 10.0. The quantitative estimate of drug-likeness (QED) is 0.400. The number of ether oxygens (including phenoxy) is 1. The molecular weight excluding hydrogens is 466 g/mol. The summed E-state index contributed by atoms with van der Waals surface area (Å²) in [6.45, 7) is 2.41. The first-order chi connectivity index (χ1) is 16.7. The van der Waals surface area contributed by atoms with E-state index in [-0.39, 0.29) is 19.0 Å². The minimum atomic E-state index is -3.57. The Morgan fingerprint density at radius 2 is 1.66 bits per heavy atom. The highest BCUT2D eigenvalue weighted by molar-refractivity contribution is 7.88. The van der Waals surface area contributed by atoms with Crippen LogP contribution in [0.5, 0.6) is 5.75 Å². The highest BCUT2D eigenvalue weighted by Crippen LogP contribution is 2.18. The second-order valence-electron chi connectivity index (χ2n) is 8.59. The van der Waals surface area contributed by atoms with Gasteiger partial charge in [-0.2, -0.15) is 4.31 Å². The molecule has 8 nitrogen and oxygen atoms in total. The molecular formula is C26H37N3O5S. The van der Waals surface area contributed by atoms with E-state index in [0.717, 1.165) is 41.0 Å². The maximum atomic E-state index is 13.5. The molecule has 35 heavy (non-hydrogen) atoms. The van der Waals surface area contributed by atoms with Crippen molar-refractivity contribution in [1.29, 1.82) is 0 Å². The highest BCUT2D eigenvalue weighted by atomic mass is 32.2. The van der Waals surface area contributed by atoms with Gasteiger partial charge in [-0.15, -0.1) is 0 Å². The monoisotopic (exact) mass is 503 g/mol. The zero-order valence-corrected chi connectivity index (χ0v) is 21.9. The van der Waals surface area contributed by atoms with Crippen molar-refractivity contribution in [2.75, 3.05) is 33.5 Å². The Hall–Kier alpha value is -2.91. The Morgan fingerprint density at radius 1 is 1.00 bits per heavy atom. The van der Waals surface area contributed by atoms with Crippen LogP contribution in [0.25, 0.3) is 0 Å². The second-order valence-corrected chi connectivity index (χ2v) is 10.7. The fraction of sp³-hybridized carbons (Fsp3) is 0.462. The van der Waals surface area contributed by atoms with E-state index in [4.69, 9.17) is 4.74 Å². The Bertz CT molecular complexity index is 1040. The van der Waals surface area contributed by atoms with Gasteiger partial charge in [0.15, 0.2) is 0 Å². The van der Waals surface area contributed by atoms with Crippen LogP contribution >= 0.6 is 0 Å². The number of nitrogens with zero attached hydrogens (tertiary/aromatic N) is 2. The van der Waals surface area contributed by atoms with Gasteiger partial charge in [-0.25, -0.2) is 8.42 Å². The van der Waals surface area contributed by atoms with Crippen LogP contribution in [0.3, 0.4) is 0 Å². The van der Waals surface area contributed by atoms with Crippen molar-refractivity contribution in [3.05, 3.63) is 65.7 Å². The van der Waals surface area contributed by atoms with Crippen molar-refractivity contribution in [3.8, 4) is 5.75 Å². The van der Waals surface area contributed by atoms with Gasteiger partial charge in [-0.05, 0) is 29.7 Å². The fourth-order valence-corrected chi connectivity index (χ4v) is 3.93. The standard InChI is InChI=1S/C26H37N3O5S/c1-5-6-10-17-27-26(31)24(18-21-11-8-7-9-12-21)29(25(30)20-28(2)35(4,32)33)19-22-13-15-23(34-3)16-14-22/h7-9,11-16,24H,5-6,10,17-20H2,1-4H3,(H,27,31)/t24-/m0/s1. The lowest BCUT2D eigenvalue weighted by Gasteiger charge is -2.32. The molecule has 0 aliphatic heterocycles. The zero-order valence-electron chi connectivity index (χ0n) is 21.1. The molecule has 0 fully saturated rings. The number of likely N-dealkylation sites (N-methyl/N-ethyl adjacent to an activating group) is 1. The van der Waals surface area contributed by atoms with Gasteiger partial charge in [-0.1, -0.05) is 62.2 Å². The summed E-state index contributed by atoms with van der Waals surface area (Å²) in [5.41, 5.74) is 1.71. The van der Waals surface area contributed by atoms with Gasteiger partial charge in [0, 0.05) is 26.6 Å². The second kappa shape index (κ2) is 13.8. The van der Waals surface area contributed by atoms with Crippen molar-refractivity contribution in [3.63, 3.8) is 0 Å². The smallest absolute Gasteiger partial charge is 0.243 e. The SMILES string of the molecule is CCCCCNC(=O)[C@H](Cc1ccccc1)N(Cc1ccc(OC)cc1)C(=O)CN(C)S(C)(=O)=O. The van der Waals surface area contributed by atoms with Crippen LogP contribution in [0.1, 0.15) is 37.3 Å². The summed E-state index contributed by atoms with van der Waals surface area (Å²) in [4.78, 5) is 28.3. The van der Waals surface area contributed by atoms with Crippen LogP contribution in [0.4, 0.5) is 0 Å². The maximum absolute atomic E-state index is 13.5. The number of carbonyl (C=O) groups excluding carboxylic acids is 2. The van der Waals surface area contributed by atoms with E-state index in [1.807, 2.05) is 42.5 Å². The first-order valence-electron chi connectivity index (χ1n) is 11.8. The van der Waals surface area contributed by atoms with E-state index in [1.54, 1.807) is 19.2 Å². The van der Waals surface area contributed by atoms with E-state index in [9.17, 15) is 18.0 Å². The number of methoxy groups -OCH3 is 1. The molecule has 2 rings (SSSR count). The zero-order chi connectivity index (χ0) is 25.8. The highest BCUT2D eigenvalue weighted by Gasteiger charge is 2.31. The van der Waals surface area contributed by atoms with Crippen LogP contribution < -0.4 is 10.1 Å². The number of hydrogen-bond acceptors (Lipinski definition) is 5. The van der Waals surface area contributed by atoms with Gasteiger partial charge >= 0.3 is 0 Å². The van der Waals surface area contributed by atoms with Crippen LogP contribution in [0.2, 0.25) is 0 Å². The number of amides is 2. The van der Waals surface area contributed by atoms with Crippen LogP contribution in [0, 0.1) is 0 Å². The summed E-state index contributed by atoms with van der Waals surface area (Å²) in [5.74, 6) is -0.0230. The molecule has 0 spiro atoms. The largest absolute Gasteiger partial charge is 0.497 e. The summed E-state index contributed by atoms with van der Waals surface area (Å²) in [5, 5.41) is 2.98. The summed E-state index contributed by atoms with van der Waals surface area (Å²) < 4.78 is 30.2. The molecule has 1 atom stereocenters. The Balaban J connectivity index is 2.39. The molecule has 0 saturated heterocycles. The van der Waals surface area contributed by atoms with E-state index in [0.29, 0.717) is 18.7 Å². The van der Waals surface area contributed by atoms with Crippen molar-refractivity contribution >= 4 is 21.8 Å². The molecule has 0 bridgehead atoms. The predicted octanol–water partition coefficient (Wildman–Crippen LogP) is 2.83. The topological polar surface area (TPSA) is 96.0 Å². The number of rotatable bonds is 14. The molecule has 0 radical (unpaired) electrons. The van der Waals surface area contributed by atoms with Crippen molar-refractivity contribution in [2.24, 2.45) is 0 Å². The third kappa shape index (κ3) is 9.33. The van der Waals surface area contributed by atoms with Gasteiger partial charge in [0.05, 0.1) is 19.9 Å². The number of unbranched alkanes of at least 4 members (excludes halogenated alkanes) is 2. The molecule has 1 N–H and O–H groups in total. The molecule has 2 aromatic carbocycles. The van der Waals surface area contributed by atoms with Gasteiger partial charge in [0.25, 0.3) is 0 Å². The summed E-state index contributed by atoms with van der Waals surface area (Å²) in [6.07, 6.45) is 4.24. The Kier molecular flexibility index (Phi) is 11.2. The van der Waals surface area contributed by atoms with E-state index in [2.05, 4.69) is 12.2 Å². The van der Waals surface area contributed by atoms with E-state index < -0.39 is 22.0 Å². The van der Waals surface area contributed by atoms with E-state index in [1.165, 1.54) is 11.9 Å². The minimum absolute atomic E-state index is 0.153. The number of hydrogen-bond donors (Lipinski definition) is 1. The molecule has 0 aliphatic carbocycles. The summed E-state index contributed by atoms with van der Waals surface area (Å²) >= 11 is 0. The van der Waals surface area contributed by atoms with Gasteiger partial charge in [0.1, 0.15) is 11.8 Å². The van der Waals surface area contributed by atoms with Crippen molar-refractivity contribution < 1.29 is 22.7 Å². The average molecular weight is 504 g/mol.